The number of aryl methyl sites for hydroxylation is 1. The summed E-state index contributed by atoms with van der Waals surface area (Å²) in [6.45, 7) is 6.00. The number of aliphatic hydroxyl groups excluding tert-OH is 1. The lowest BCUT2D eigenvalue weighted by Crippen LogP contribution is -2.29. The fourth-order valence-corrected chi connectivity index (χ4v) is 4.28. The second-order valence-corrected chi connectivity index (χ2v) is 8.71. The predicted molar refractivity (Wildman–Crippen MR) is 131 cm³/mol. The molecule has 34 heavy (non-hydrogen) atoms. The van der Waals surface area contributed by atoms with Gasteiger partial charge < -0.3 is 14.9 Å². The Bertz CT molecular complexity index is 1290. The zero-order valence-corrected chi connectivity index (χ0v) is 19.6. The van der Waals surface area contributed by atoms with E-state index in [0.29, 0.717) is 28.5 Å². The van der Waals surface area contributed by atoms with Gasteiger partial charge >= 0.3 is 0 Å². The van der Waals surface area contributed by atoms with E-state index < -0.39 is 17.7 Å². The largest absolute Gasteiger partial charge is 0.508 e. The number of methoxy groups -OCH3 is 1. The van der Waals surface area contributed by atoms with E-state index in [4.69, 9.17) is 4.74 Å². The lowest BCUT2D eigenvalue weighted by atomic mass is 9.94. The maximum absolute atomic E-state index is 13.3. The van der Waals surface area contributed by atoms with E-state index in [-0.39, 0.29) is 17.1 Å². The number of hydrogen-bond acceptors (Lipinski definition) is 5. The highest BCUT2D eigenvalue weighted by atomic mass is 16.5. The highest BCUT2D eigenvalue weighted by Crippen LogP contribution is 2.44. The van der Waals surface area contributed by atoms with Crippen LogP contribution in [0.25, 0.3) is 5.76 Å². The summed E-state index contributed by atoms with van der Waals surface area (Å²) in [6, 6.07) is 18.1. The number of phenols is 1. The first-order valence-corrected chi connectivity index (χ1v) is 11.1. The lowest BCUT2D eigenvalue weighted by Gasteiger charge is -2.26. The molecule has 0 radical (unpaired) electrons. The number of nitrogens with zero attached hydrogens (tertiary/aromatic N) is 1. The standard InChI is InChI=1S/C28H27NO5/c1-16(2)18-9-11-20(12-10-18)29-25(19-6-5-7-21(30)15-19)24(27(32)28(29)33)26(31)22-14-17(3)8-13-23(22)34-4/h5-16,25,30-31H,1-4H3/b26-24+. The molecule has 2 N–H and O–H groups in total. The van der Waals surface area contributed by atoms with Gasteiger partial charge in [-0.15, -0.1) is 0 Å². The van der Waals surface area contributed by atoms with Crippen molar-refractivity contribution in [2.45, 2.75) is 32.7 Å². The first kappa shape index (κ1) is 23.1. The van der Waals surface area contributed by atoms with E-state index in [1.54, 1.807) is 36.4 Å². The number of aromatic hydroxyl groups is 1. The monoisotopic (exact) mass is 457 g/mol. The number of carbonyl (C=O) groups excluding carboxylic acids is 2. The van der Waals surface area contributed by atoms with Gasteiger partial charge in [-0.2, -0.15) is 0 Å². The zero-order valence-electron chi connectivity index (χ0n) is 19.6. The molecule has 0 spiro atoms. The molecular weight excluding hydrogens is 430 g/mol. The third kappa shape index (κ3) is 4.03. The van der Waals surface area contributed by atoms with E-state index in [1.165, 1.54) is 24.1 Å². The van der Waals surface area contributed by atoms with Gasteiger partial charge in [0.2, 0.25) is 0 Å². The molecule has 0 aliphatic carbocycles. The second kappa shape index (κ2) is 9.06. The van der Waals surface area contributed by atoms with Gasteiger partial charge in [0.1, 0.15) is 17.3 Å². The molecule has 1 unspecified atom stereocenters. The first-order valence-electron chi connectivity index (χ1n) is 11.1. The van der Waals surface area contributed by atoms with E-state index in [2.05, 4.69) is 13.8 Å². The molecule has 0 bridgehead atoms. The average molecular weight is 458 g/mol. The third-order valence-corrected chi connectivity index (χ3v) is 6.08. The van der Waals surface area contributed by atoms with Crippen molar-refractivity contribution in [1.82, 2.24) is 0 Å². The zero-order chi connectivity index (χ0) is 24.6. The molecule has 1 aliphatic rings. The lowest BCUT2D eigenvalue weighted by molar-refractivity contribution is -0.132. The summed E-state index contributed by atoms with van der Waals surface area (Å²) in [5.41, 5.74) is 3.23. The molecule has 0 saturated carbocycles. The fraction of sp³-hybridized carbons (Fsp3) is 0.214. The summed E-state index contributed by atoms with van der Waals surface area (Å²) >= 11 is 0. The van der Waals surface area contributed by atoms with E-state index in [0.717, 1.165) is 11.1 Å². The maximum atomic E-state index is 13.3. The molecule has 0 aromatic heterocycles. The van der Waals surface area contributed by atoms with Gasteiger partial charge in [-0.05, 0) is 60.4 Å². The van der Waals surface area contributed by atoms with Crippen LogP contribution in [0.15, 0.2) is 72.3 Å². The van der Waals surface area contributed by atoms with Crippen LogP contribution in [0.1, 0.15) is 48.1 Å². The number of hydrogen-bond donors (Lipinski definition) is 2. The van der Waals surface area contributed by atoms with E-state index >= 15 is 0 Å². The summed E-state index contributed by atoms with van der Waals surface area (Å²) in [5.74, 6) is -1.20. The van der Waals surface area contributed by atoms with Gasteiger partial charge in [0.05, 0.1) is 24.3 Å². The SMILES string of the molecule is COc1ccc(C)cc1/C(O)=C1\C(=O)C(=O)N(c2ccc(C(C)C)cc2)C1c1cccc(O)c1. The highest BCUT2D eigenvalue weighted by molar-refractivity contribution is 6.51. The van der Waals surface area contributed by atoms with Gasteiger partial charge in [-0.1, -0.05) is 49.7 Å². The average Bonchev–Trinajstić information content (AvgIpc) is 3.09. The molecule has 4 rings (SSSR count). The molecule has 1 saturated heterocycles. The van der Waals surface area contributed by atoms with Crippen molar-refractivity contribution in [3.8, 4) is 11.5 Å². The van der Waals surface area contributed by atoms with Crippen molar-refractivity contribution in [2.75, 3.05) is 12.0 Å². The van der Waals surface area contributed by atoms with Crippen LogP contribution < -0.4 is 9.64 Å². The molecule has 3 aromatic rings. The highest BCUT2D eigenvalue weighted by Gasteiger charge is 2.47. The van der Waals surface area contributed by atoms with E-state index in [1.807, 2.05) is 25.1 Å². The van der Waals surface area contributed by atoms with Crippen molar-refractivity contribution in [1.29, 1.82) is 0 Å². The van der Waals surface area contributed by atoms with Crippen LogP contribution in [0.4, 0.5) is 5.69 Å². The van der Waals surface area contributed by atoms with Crippen LogP contribution >= 0.6 is 0 Å². The summed E-state index contributed by atoms with van der Waals surface area (Å²) in [7, 11) is 1.48. The maximum Gasteiger partial charge on any atom is 0.300 e. The van der Waals surface area contributed by atoms with Gasteiger partial charge in [-0.3, -0.25) is 14.5 Å². The van der Waals surface area contributed by atoms with Crippen LogP contribution in [-0.2, 0) is 9.59 Å². The first-order chi connectivity index (χ1) is 16.2. The predicted octanol–water partition coefficient (Wildman–Crippen LogP) is 5.46. The van der Waals surface area contributed by atoms with Gasteiger partial charge in [-0.25, -0.2) is 0 Å². The molecule has 3 aromatic carbocycles. The van der Waals surface area contributed by atoms with Crippen LogP contribution in [0.5, 0.6) is 11.5 Å². The van der Waals surface area contributed by atoms with E-state index in [9.17, 15) is 19.8 Å². The van der Waals surface area contributed by atoms with Crippen molar-refractivity contribution < 1.29 is 24.5 Å². The Morgan fingerprint density at radius 2 is 1.71 bits per heavy atom. The minimum atomic E-state index is -0.929. The van der Waals surface area contributed by atoms with Crippen molar-refractivity contribution in [3.05, 3.63) is 94.6 Å². The molecule has 1 heterocycles. The summed E-state index contributed by atoms with van der Waals surface area (Å²) < 4.78 is 5.41. The minimum absolute atomic E-state index is 0.00798. The Labute approximate surface area is 198 Å². The van der Waals surface area contributed by atoms with Crippen LogP contribution in [0.2, 0.25) is 0 Å². The normalized spacial score (nSPS) is 17.4. The number of carbonyl (C=O) groups is 2. The summed E-state index contributed by atoms with van der Waals surface area (Å²) in [6.07, 6.45) is 0. The molecule has 1 amide bonds. The number of ether oxygens (including phenoxy) is 1. The van der Waals surface area contributed by atoms with Gasteiger partial charge in [0.25, 0.3) is 11.7 Å². The number of rotatable bonds is 5. The molecule has 174 valence electrons. The number of amides is 1. The molecule has 1 atom stereocenters. The quantitative estimate of drug-likeness (QED) is 0.302. The van der Waals surface area contributed by atoms with Crippen LogP contribution in [0, 0.1) is 6.92 Å². The summed E-state index contributed by atoms with van der Waals surface area (Å²) in [5, 5.41) is 21.5. The van der Waals surface area contributed by atoms with Gasteiger partial charge in [0.15, 0.2) is 0 Å². The Morgan fingerprint density at radius 1 is 1.00 bits per heavy atom. The minimum Gasteiger partial charge on any atom is -0.508 e. The molecular formula is C28H27NO5. The Hall–Kier alpha value is -4.06. The summed E-state index contributed by atoms with van der Waals surface area (Å²) in [4.78, 5) is 28.0. The molecule has 6 heteroatoms. The van der Waals surface area contributed by atoms with Crippen molar-refractivity contribution in [2.24, 2.45) is 0 Å². The Balaban J connectivity index is 1.96. The second-order valence-electron chi connectivity index (χ2n) is 8.71. The number of anilines is 1. The molecule has 1 fully saturated rings. The number of aliphatic hydroxyl groups is 1. The van der Waals surface area contributed by atoms with Crippen molar-refractivity contribution >= 4 is 23.1 Å². The smallest absolute Gasteiger partial charge is 0.300 e. The number of benzene rings is 3. The number of ketones is 1. The Kier molecular flexibility index (Phi) is 6.16. The third-order valence-electron chi connectivity index (χ3n) is 6.08. The number of Topliss-reactive ketones (excluding diaryl/α,β-unsaturated/α-hetero) is 1. The number of phenolic OH excluding ortho intramolecular Hbond substituents is 1. The topological polar surface area (TPSA) is 87.1 Å². The molecule has 6 nitrogen and oxygen atoms in total. The molecule has 1 aliphatic heterocycles. The Morgan fingerprint density at radius 3 is 2.32 bits per heavy atom. The van der Waals surface area contributed by atoms with Crippen molar-refractivity contribution in [3.63, 3.8) is 0 Å². The fourth-order valence-electron chi connectivity index (χ4n) is 4.28. The van der Waals surface area contributed by atoms with Crippen LogP contribution in [-0.4, -0.2) is 29.0 Å². The van der Waals surface area contributed by atoms with Crippen LogP contribution in [0.3, 0.4) is 0 Å². The van der Waals surface area contributed by atoms with Gasteiger partial charge in [0, 0.05) is 5.69 Å².